The molecule has 0 amide bonds. The van der Waals surface area contributed by atoms with Gasteiger partial charge in [-0.2, -0.15) is 0 Å². The van der Waals surface area contributed by atoms with Gasteiger partial charge in [-0.1, -0.05) is 36.7 Å². The molecule has 0 fully saturated rings. The summed E-state index contributed by atoms with van der Waals surface area (Å²) in [6.07, 6.45) is 0.881. The topological polar surface area (TPSA) is 22.0 Å². The highest BCUT2D eigenvalue weighted by atomic mass is 35.5. The van der Waals surface area contributed by atoms with Gasteiger partial charge in [-0.3, -0.25) is 4.79 Å². The lowest BCUT2D eigenvalue weighted by molar-refractivity contribution is 0.517. The lowest BCUT2D eigenvalue weighted by Crippen LogP contribution is -2.27. The molecular formula is C16H17Cl2NO. The summed E-state index contributed by atoms with van der Waals surface area (Å²) < 4.78 is 1.82. The molecule has 1 aromatic carbocycles. The molecule has 0 bridgehead atoms. The van der Waals surface area contributed by atoms with Crippen LogP contribution in [0.25, 0.3) is 11.3 Å². The fourth-order valence-corrected chi connectivity index (χ4v) is 2.50. The van der Waals surface area contributed by atoms with Crippen LogP contribution in [0.15, 0.2) is 41.2 Å². The van der Waals surface area contributed by atoms with Gasteiger partial charge in [0.25, 0.3) is 5.56 Å². The second-order valence-electron chi connectivity index (χ2n) is 4.82. The molecule has 2 aromatic rings. The number of hydrogen-bond donors (Lipinski definition) is 0. The molecule has 0 saturated carbocycles. The number of hydrogen-bond acceptors (Lipinski definition) is 1. The average molecular weight is 310 g/mol. The van der Waals surface area contributed by atoms with Crippen molar-refractivity contribution in [3.8, 4) is 11.3 Å². The van der Waals surface area contributed by atoms with Gasteiger partial charge in [0.05, 0.1) is 11.6 Å². The van der Waals surface area contributed by atoms with Crippen molar-refractivity contribution in [2.24, 2.45) is 0 Å². The summed E-state index contributed by atoms with van der Waals surface area (Å²) in [6.45, 7) is 4.11. The van der Waals surface area contributed by atoms with Crippen molar-refractivity contribution < 1.29 is 0 Å². The van der Waals surface area contributed by atoms with Crippen molar-refractivity contribution in [3.05, 3.63) is 57.3 Å². The number of nitrogens with zero attached hydrogens (tertiary/aromatic N) is 1. The van der Waals surface area contributed by atoms with E-state index in [1.165, 1.54) is 0 Å². The van der Waals surface area contributed by atoms with Crippen molar-refractivity contribution in [2.45, 2.75) is 32.2 Å². The van der Waals surface area contributed by atoms with Gasteiger partial charge in [0.15, 0.2) is 0 Å². The first-order chi connectivity index (χ1) is 9.58. The third kappa shape index (κ3) is 2.92. The van der Waals surface area contributed by atoms with Crippen molar-refractivity contribution in [2.75, 3.05) is 0 Å². The minimum Gasteiger partial charge on any atom is -0.305 e. The highest BCUT2D eigenvalue weighted by molar-refractivity contribution is 6.30. The van der Waals surface area contributed by atoms with Crippen LogP contribution in [0.5, 0.6) is 0 Å². The molecule has 106 valence electrons. The highest BCUT2D eigenvalue weighted by Crippen LogP contribution is 2.24. The second kappa shape index (κ2) is 6.47. The highest BCUT2D eigenvalue weighted by Gasteiger charge is 2.14. The van der Waals surface area contributed by atoms with Crippen molar-refractivity contribution >= 4 is 23.2 Å². The SMILES string of the molecule is CCC(C)n1c(-c2ccc(Cl)cc2)ccc(CCl)c1=O. The van der Waals surface area contributed by atoms with Gasteiger partial charge in [0, 0.05) is 16.6 Å². The van der Waals surface area contributed by atoms with E-state index in [9.17, 15) is 4.79 Å². The fraction of sp³-hybridized carbons (Fsp3) is 0.312. The predicted octanol–water partition coefficient (Wildman–Crippen LogP) is 4.88. The summed E-state index contributed by atoms with van der Waals surface area (Å²) in [5, 5.41) is 0.684. The van der Waals surface area contributed by atoms with Crippen LogP contribution in [-0.2, 0) is 5.88 Å². The second-order valence-corrected chi connectivity index (χ2v) is 5.52. The number of rotatable bonds is 4. The number of halogens is 2. The summed E-state index contributed by atoms with van der Waals surface area (Å²) in [6, 6.07) is 11.4. The van der Waals surface area contributed by atoms with E-state index < -0.39 is 0 Å². The molecule has 20 heavy (non-hydrogen) atoms. The Bertz CT molecular complexity index is 647. The maximum Gasteiger partial charge on any atom is 0.255 e. The van der Waals surface area contributed by atoms with Crippen LogP contribution in [0.4, 0.5) is 0 Å². The zero-order valence-corrected chi connectivity index (χ0v) is 13.1. The Kier molecular flexibility index (Phi) is 4.90. The van der Waals surface area contributed by atoms with Crippen molar-refractivity contribution in [1.29, 1.82) is 0 Å². The van der Waals surface area contributed by atoms with Gasteiger partial charge in [0.2, 0.25) is 0 Å². The summed E-state index contributed by atoms with van der Waals surface area (Å²) >= 11 is 11.8. The molecular weight excluding hydrogens is 293 g/mol. The number of benzene rings is 1. The van der Waals surface area contributed by atoms with Gasteiger partial charge in [-0.05, 0) is 37.1 Å². The normalized spacial score (nSPS) is 12.4. The molecule has 1 heterocycles. The number of pyridine rings is 1. The van der Waals surface area contributed by atoms with Gasteiger partial charge in [-0.25, -0.2) is 0 Å². The lowest BCUT2D eigenvalue weighted by Gasteiger charge is -2.19. The molecule has 0 aliphatic carbocycles. The standard InChI is InChI=1S/C16H17Cl2NO/c1-3-11(2)19-15(9-6-13(10-17)16(19)20)12-4-7-14(18)8-5-12/h4-9,11H,3,10H2,1-2H3. The van der Waals surface area contributed by atoms with Crippen molar-refractivity contribution in [1.82, 2.24) is 4.57 Å². The van der Waals surface area contributed by atoms with Crippen LogP contribution >= 0.6 is 23.2 Å². The first kappa shape index (κ1) is 15.1. The third-order valence-electron chi connectivity index (χ3n) is 3.51. The van der Waals surface area contributed by atoms with Gasteiger partial charge in [-0.15, -0.1) is 11.6 Å². The predicted molar refractivity (Wildman–Crippen MR) is 85.7 cm³/mol. The Morgan fingerprint density at radius 1 is 1.15 bits per heavy atom. The van der Waals surface area contributed by atoms with Gasteiger partial charge < -0.3 is 4.57 Å². The van der Waals surface area contributed by atoms with Gasteiger partial charge >= 0.3 is 0 Å². The Labute approximate surface area is 129 Å². The molecule has 0 radical (unpaired) electrons. The van der Waals surface area contributed by atoms with E-state index in [4.69, 9.17) is 23.2 Å². The first-order valence-electron chi connectivity index (χ1n) is 6.64. The van der Waals surface area contributed by atoms with Crippen LogP contribution in [0.2, 0.25) is 5.02 Å². The largest absolute Gasteiger partial charge is 0.305 e. The molecule has 0 aliphatic rings. The van der Waals surface area contributed by atoms with Gasteiger partial charge in [0.1, 0.15) is 0 Å². The molecule has 1 unspecified atom stereocenters. The average Bonchev–Trinajstić information content (AvgIpc) is 2.47. The van der Waals surface area contributed by atoms with E-state index in [0.717, 1.165) is 17.7 Å². The Balaban J connectivity index is 2.66. The fourth-order valence-electron chi connectivity index (χ4n) is 2.17. The smallest absolute Gasteiger partial charge is 0.255 e. The quantitative estimate of drug-likeness (QED) is 0.738. The Hall–Kier alpha value is -1.25. The molecule has 4 heteroatoms. The molecule has 0 saturated heterocycles. The van der Waals surface area contributed by atoms with Crippen LogP contribution < -0.4 is 5.56 Å². The zero-order valence-electron chi connectivity index (χ0n) is 11.6. The van der Waals surface area contributed by atoms with Crippen molar-refractivity contribution in [3.63, 3.8) is 0 Å². The Morgan fingerprint density at radius 2 is 1.80 bits per heavy atom. The Morgan fingerprint density at radius 3 is 2.35 bits per heavy atom. The van der Waals surface area contributed by atoms with E-state index in [2.05, 4.69) is 6.92 Å². The van der Waals surface area contributed by atoms with E-state index in [0.29, 0.717) is 10.6 Å². The van der Waals surface area contributed by atoms with Crippen LogP contribution in [0, 0.1) is 0 Å². The van der Waals surface area contributed by atoms with E-state index in [1.807, 2.05) is 41.8 Å². The maximum atomic E-state index is 12.5. The van der Waals surface area contributed by atoms with E-state index in [-0.39, 0.29) is 17.5 Å². The molecule has 1 aromatic heterocycles. The molecule has 1 atom stereocenters. The summed E-state index contributed by atoms with van der Waals surface area (Å²) in [5.41, 5.74) is 2.49. The molecule has 2 nitrogen and oxygen atoms in total. The number of alkyl halides is 1. The van der Waals surface area contributed by atoms with Crippen LogP contribution in [-0.4, -0.2) is 4.57 Å². The maximum absolute atomic E-state index is 12.5. The third-order valence-corrected chi connectivity index (χ3v) is 4.05. The lowest BCUT2D eigenvalue weighted by atomic mass is 10.1. The van der Waals surface area contributed by atoms with Crippen LogP contribution in [0.3, 0.4) is 0 Å². The first-order valence-corrected chi connectivity index (χ1v) is 7.56. The summed E-state index contributed by atoms with van der Waals surface area (Å²) in [7, 11) is 0. The monoisotopic (exact) mass is 309 g/mol. The minimum absolute atomic E-state index is 0.0122. The van der Waals surface area contributed by atoms with E-state index in [1.54, 1.807) is 6.07 Å². The van der Waals surface area contributed by atoms with E-state index >= 15 is 0 Å². The zero-order chi connectivity index (χ0) is 14.7. The summed E-state index contributed by atoms with van der Waals surface area (Å²) in [4.78, 5) is 12.5. The molecule has 0 spiro atoms. The summed E-state index contributed by atoms with van der Waals surface area (Å²) in [5.74, 6) is 0.232. The minimum atomic E-state index is -0.0122. The van der Waals surface area contributed by atoms with Crippen LogP contribution in [0.1, 0.15) is 31.9 Å². The molecule has 2 rings (SSSR count). The number of aromatic nitrogens is 1. The molecule has 0 aliphatic heterocycles. The molecule has 0 N–H and O–H groups in total.